The van der Waals surface area contributed by atoms with Crippen molar-refractivity contribution in [3.63, 3.8) is 0 Å². The molecule has 0 aliphatic heterocycles. The molecule has 0 saturated carbocycles. The van der Waals surface area contributed by atoms with Crippen molar-refractivity contribution in [1.29, 1.82) is 0 Å². The number of phenols is 1. The van der Waals surface area contributed by atoms with E-state index in [9.17, 15) is 78.0 Å². The first-order chi connectivity index (χ1) is 33.2. The Hall–Kier alpha value is -7.42. The molecule has 0 aliphatic rings. The standard InChI is InChI=1S/C44H69N11O16/c1-5-22(4)36(55-37(63)25(46)13-15-31(47)57)43(69)53-29(19-32(48)58)39(65)52-30(20-34(61)62)40(66)51-28(18-23-9-11-24(56)12-10-23)41(67)54-35(21(2)3)42(68)49-26(14-16-33(59)60)38(64)50-27(44(70)71)8-6-7-17-45/h9-12,21-22,25-30,35-36,56H,5-8,13-20,45-46H2,1-4H3,(H2,47,57)(H2,48,58)(H,49,68)(H,50,64)(H,51,66)(H,52,65)(H,53,69)(H,54,67)(H,55,63)(H,59,60)(H,61,62)(H,70,71)/t22-,25-,26-,27-,28-,29-,30-,35-,36-/m0/s1. The van der Waals surface area contributed by atoms with E-state index >= 15 is 0 Å². The van der Waals surface area contributed by atoms with Crippen LogP contribution in [0.5, 0.6) is 5.75 Å². The van der Waals surface area contributed by atoms with Crippen molar-refractivity contribution in [2.45, 2.75) is 147 Å². The van der Waals surface area contributed by atoms with E-state index in [4.69, 9.17) is 22.9 Å². The number of rotatable bonds is 34. The smallest absolute Gasteiger partial charge is 0.326 e. The number of carboxylic acid groups (broad SMARTS) is 3. The van der Waals surface area contributed by atoms with E-state index in [0.717, 1.165) is 0 Å². The van der Waals surface area contributed by atoms with Gasteiger partial charge in [0.15, 0.2) is 0 Å². The minimum atomic E-state index is -2.03. The molecule has 0 radical (unpaired) electrons. The summed E-state index contributed by atoms with van der Waals surface area (Å²) in [5, 5.41) is 55.0. The Balaban J connectivity index is 3.56. The monoisotopic (exact) mass is 1010 g/mol. The molecule has 0 aliphatic carbocycles. The number of amides is 9. The molecule has 9 atom stereocenters. The van der Waals surface area contributed by atoms with Crippen LogP contribution < -0.4 is 60.2 Å². The number of carbonyl (C=O) groups is 12. The normalized spacial score (nSPS) is 14.8. The minimum Gasteiger partial charge on any atom is -0.508 e. The Morgan fingerprint density at radius 1 is 0.535 bits per heavy atom. The Morgan fingerprint density at radius 2 is 1.03 bits per heavy atom. The summed E-state index contributed by atoms with van der Waals surface area (Å²) in [7, 11) is 0. The van der Waals surface area contributed by atoms with E-state index in [0.29, 0.717) is 24.8 Å². The summed E-state index contributed by atoms with van der Waals surface area (Å²) >= 11 is 0. The average Bonchev–Trinajstić information content (AvgIpc) is 3.28. The van der Waals surface area contributed by atoms with Gasteiger partial charge in [0, 0.05) is 19.3 Å². The predicted molar refractivity (Wildman–Crippen MR) is 249 cm³/mol. The lowest BCUT2D eigenvalue weighted by Gasteiger charge is -2.29. The topological polar surface area (TPSA) is 474 Å². The Morgan fingerprint density at radius 3 is 1.54 bits per heavy atom. The van der Waals surface area contributed by atoms with Crippen LogP contribution in [0.25, 0.3) is 0 Å². The second-order valence-electron chi connectivity index (χ2n) is 17.2. The van der Waals surface area contributed by atoms with Crippen molar-refractivity contribution in [2.75, 3.05) is 6.54 Å². The number of primary amides is 2. The van der Waals surface area contributed by atoms with Gasteiger partial charge in [-0.05, 0) is 68.2 Å². The van der Waals surface area contributed by atoms with E-state index in [1.165, 1.54) is 38.1 Å². The maximum absolute atomic E-state index is 14.1. The average molecular weight is 1010 g/mol. The van der Waals surface area contributed by atoms with E-state index in [2.05, 4.69) is 37.2 Å². The quantitative estimate of drug-likeness (QED) is 0.0293. The SMILES string of the molecule is CC[C@H](C)[C@H](NC(=O)[C@@H](N)CCC(N)=O)C(=O)N[C@@H](CC(N)=O)C(=O)N[C@@H](CC(=O)O)C(=O)N[C@@H](Cc1ccc(O)cc1)C(=O)N[C@H](C(=O)N[C@@H](CCC(=O)O)C(=O)N[C@@H](CCCCN)C(=O)O)C(C)C. The summed E-state index contributed by atoms with van der Waals surface area (Å²) < 4.78 is 0. The first-order valence-electron chi connectivity index (χ1n) is 22.8. The number of aliphatic carboxylic acids is 3. The number of carbonyl (C=O) groups excluding carboxylic acids is 9. The Bertz CT molecular complexity index is 2050. The molecule has 27 nitrogen and oxygen atoms in total. The van der Waals surface area contributed by atoms with Gasteiger partial charge in [0.2, 0.25) is 53.2 Å². The third-order valence-corrected chi connectivity index (χ3v) is 11.0. The molecule has 1 rings (SSSR count). The number of carboxylic acids is 3. The van der Waals surface area contributed by atoms with Crippen molar-refractivity contribution in [3.8, 4) is 5.75 Å². The van der Waals surface area contributed by atoms with Crippen LogP contribution in [0.15, 0.2) is 24.3 Å². The molecule has 19 N–H and O–H groups in total. The number of aromatic hydroxyl groups is 1. The molecule has 9 amide bonds. The fraction of sp³-hybridized carbons (Fsp3) is 0.591. The van der Waals surface area contributed by atoms with Crippen molar-refractivity contribution in [2.24, 2.45) is 34.8 Å². The first kappa shape index (κ1) is 61.6. The van der Waals surface area contributed by atoms with E-state index in [-0.39, 0.29) is 31.6 Å². The molecule has 27 heteroatoms. The molecule has 0 unspecified atom stereocenters. The molecule has 0 saturated heterocycles. The molecular formula is C44H69N11O16. The molecule has 0 bridgehead atoms. The zero-order valence-corrected chi connectivity index (χ0v) is 40.1. The molecule has 0 spiro atoms. The molecule has 0 heterocycles. The van der Waals surface area contributed by atoms with Gasteiger partial charge >= 0.3 is 17.9 Å². The number of hydrogen-bond donors (Lipinski definition) is 15. The maximum atomic E-state index is 14.1. The number of phenolic OH excluding ortho intramolecular Hbond substituents is 1. The number of hydrogen-bond acceptors (Lipinski definition) is 15. The lowest BCUT2D eigenvalue weighted by molar-refractivity contribution is -0.143. The predicted octanol–water partition coefficient (Wildman–Crippen LogP) is -3.95. The van der Waals surface area contributed by atoms with Gasteiger partial charge in [0.25, 0.3) is 0 Å². The summed E-state index contributed by atoms with van der Waals surface area (Å²) in [6.07, 6.45) is -2.93. The maximum Gasteiger partial charge on any atom is 0.326 e. The lowest BCUT2D eigenvalue weighted by atomic mass is 9.97. The summed E-state index contributed by atoms with van der Waals surface area (Å²) in [5.41, 5.74) is 22.2. The number of benzene rings is 1. The minimum absolute atomic E-state index is 0.0312. The highest BCUT2D eigenvalue weighted by Crippen LogP contribution is 2.15. The fourth-order valence-electron chi connectivity index (χ4n) is 6.68. The second-order valence-corrected chi connectivity index (χ2v) is 17.2. The zero-order chi connectivity index (χ0) is 54.1. The van der Waals surface area contributed by atoms with E-state index in [1.807, 2.05) is 0 Å². The van der Waals surface area contributed by atoms with Crippen molar-refractivity contribution in [3.05, 3.63) is 29.8 Å². The highest BCUT2D eigenvalue weighted by atomic mass is 16.4. The van der Waals surface area contributed by atoms with Crippen LogP contribution >= 0.6 is 0 Å². The van der Waals surface area contributed by atoms with Gasteiger partial charge in [-0.3, -0.25) is 52.7 Å². The van der Waals surface area contributed by atoms with Gasteiger partial charge in [-0.2, -0.15) is 0 Å². The van der Waals surface area contributed by atoms with Crippen molar-refractivity contribution < 1.29 is 78.0 Å². The Kier molecular flexibility index (Phi) is 26.8. The Labute approximate surface area is 409 Å². The van der Waals surface area contributed by atoms with Crippen LogP contribution in [-0.2, 0) is 64.0 Å². The third-order valence-electron chi connectivity index (χ3n) is 11.0. The number of nitrogens with one attached hydrogen (secondary N) is 7. The summed E-state index contributed by atoms with van der Waals surface area (Å²) in [6, 6.07) is -7.54. The molecule has 396 valence electrons. The third kappa shape index (κ3) is 23.2. The molecule has 71 heavy (non-hydrogen) atoms. The van der Waals surface area contributed by atoms with E-state index in [1.54, 1.807) is 13.8 Å². The zero-order valence-electron chi connectivity index (χ0n) is 40.1. The summed E-state index contributed by atoms with van der Waals surface area (Å²) in [6.45, 7) is 6.48. The van der Waals surface area contributed by atoms with Gasteiger partial charge < -0.3 is 80.6 Å². The molecule has 1 aromatic rings. The van der Waals surface area contributed by atoms with Gasteiger partial charge in [-0.25, -0.2) is 4.79 Å². The second kappa shape index (κ2) is 30.9. The van der Waals surface area contributed by atoms with Gasteiger partial charge in [0.05, 0.1) is 18.9 Å². The fourth-order valence-corrected chi connectivity index (χ4v) is 6.68. The highest BCUT2D eigenvalue weighted by Gasteiger charge is 2.37. The molecule has 1 aromatic carbocycles. The van der Waals surface area contributed by atoms with E-state index < -0.39 is 163 Å². The summed E-state index contributed by atoms with van der Waals surface area (Å²) in [4.78, 5) is 154. The van der Waals surface area contributed by atoms with Crippen LogP contribution in [0.1, 0.15) is 97.5 Å². The lowest BCUT2D eigenvalue weighted by Crippen LogP contribution is -2.61. The van der Waals surface area contributed by atoms with Gasteiger partial charge in [-0.1, -0.05) is 46.2 Å². The molecule has 0 fully saturated rings. The highest BCUT2D eigenvalue weighted by molar-refractivity contribution is 5.99. The first-order valence-corrected chi connectivity index (χ1v) is 22.8. The van der Waals surface area contributed by atoms with Crippen LogP contribution in [0.2, 0.25) is 0 Å². The summed E-state index contributed by atoms with van der Waals surface area (Å²) in [5.74, 6) is -15.4. The largest absolute Gasteiger partial charge is 0.508 e. The van der Waals surface area contributed by atoms with Crippen LogP contribution in [0.3, 0.4) is 0 Å². The number of nitrogens with two attached hydrogens (primary N) is 4. The van der Waals surface area contributed by atoms with Crippen LogP contribution in [0.4, 0.5) is 0 Å². The van der Waals surface area contributed by atoms with Gasteiger partial charge in [-0.15, -0.1) is 0 Å². The molecular weight excluding hydrogens is 939 g/mol. The van der Waals surface area contributed by atoms with Crippen LogP contribution in [-0.4, -0.2) is 146 Å². The van der Waals surface area contributed by atoms with Crippen molar-refractivity contribution >= 4 is 71.1 Å². The van der Waals surface area contributed by atoms with Crippen molar-refractivity contribution in [1.82, 2.24) is 37.2 Å². The molecule has 0 aromatic heterocycles. The number of unbranched alkanes of at least 4 members (excludes halogenated alkanes) is 1. The van der Waals surface area contributed by atoms with Crippen LogP contribution in [0, 0.1) is 11.8 Å². The van der Waals surface area contributed by atoms with Gasteiger partial charge in [0.1, 0.15) is 48.0 Å².